The van der Waals surface area contributed by atoms with Gasteiger partial charge in [-0.3, -0.25) is 4.79 Å². The summed E-state index contributed by atoms with van der Waals surface area (Å²) in [5, 5.41) is 0. The van der Waals surface area contributed by atoms with Crippen LogP contribution >= 0.6 is 0 Å². The summed E-state index contributed by atoms with van der Waals surface area (Å²) in [5.41, 5.74) is 0.613. The van der Waals surface area contributed by atoms with Crippen molar-refractivity contribution in [2.45, 2.75) is 13.3 Å². The van der Waals surface area contributed by atoms with Crippen molar-refractivity contribution in [1.82, 2.24) is 0 Å². The molecule has 12 heavy (non-hydrogen) atoms. The maximum absolute atomic E-state index is 10.9. The Labute approximate surface area is 71.4 Å². The van der Waals surface area contributed by atoms with E-state index in [0.717, 1.165) is 0 Å². The third-order valence-electron chi connectivity index (χ3n) is 1.58. The molecule has 0 unspecified atom stereocenters. The molecule has 0 spiro atoms. The molecule has 1 heterocycles. The van der Waals surface area contributed by atoms with Crippen molar-refractivity contribution in [1.29, 1.82) is 0 Å². The molecule has 0 fully saturated rings. The molecule has 0 N–H and O–H groups in total. The first-order chi connectivity index (χ1) is 5.74. The number of nitrogens with zero attached hydrogens (tertiary/aromatic N) is 1. The van der Waals surface area contributed by atoms with Crippen LogP contribution < -0.4 is 0 Å². The van der Waals surface area contributed by atoms with Crippen LogP contribution in [0.3, 0.4) is 0 Å². The van der Waals surface area contributed by atoms with E-state index >= 15 is 0 Å². The van der Waals surface area contributed by atoms with Crippen molar-refractivity contribution in [3.63, 3.8) is 0 Å². The number of hydrogen-bond acceptors (Lipinski definition) is 3. The fourth-order valence-electron chi connectivity index (χ4n) is 0.868. The van der Waals surface area contributed by atoms with Gasteiger partial charge in [0.25, 0.3) is 0 Å². The topological polar surface area (TPSA) is 38.7 Å². The highest BCUT2D eigenvalue weighted by Gasteiger charge is 2.03. The van der Waals surface area contributed by atoms with Gasteiger partial charge in [0.2, 0.25) is 0 Å². The highest BCUT2D eigenvalue weighted by Crippen LogP contribution is 2.06. The van der Waals surface area contributed by atoms with Gasteiger partial charge in [0, 0.05) is 18.2 Å². The fourth-order valence-corrected chi connectivity index (χ4v) is 0.868. The Morgan fingerprint density at radius 2 is 2.42 bits per heavy atom. The van der Waals surface area contributed by atoms with Gasteiger partial charge >= 0.3 is 0 Å². The van der Waals surface area contributed by atoms with Gasteiger partial charge in [0.05, 0.1) is 7.11 Å². The van der Waals surface area contributed by atoms with Crippen LogP contribution in [0.25, 0.3) is 0 Å². The van der Waals surface area contributed by atoms with Crippen molar-refractivity contribution in [2.75, 3.05) is 7.11 Å². The number of methoxy groups -OCH3 is 1. The zero-order valence-corrected chi connectivity index (χ0v) is 7.20. The van der Waals surface area contributed by atoms with E-state index in [2.05, 4.69) is 4.99 Å². The second kappa shape index (κ2) is 3.85. The second-order valence-corrected chi connectivity index (χ2v) is 2.47. The molecular weight excluding hydrogens is 154 g/mol. The Kier molecular flexibility index (Phi) is 2.80. The Hall–Kier alpha value is -1.38. The predicted molar refractivity (Wildman–Crippen MR) is 47.0 cm³/mol. The van der Waals surface area contributed by atoms with Gasteiger partial charge in [0.15, 0.2) is 11.7 Å². The van der Waals surface area contributed by atoms with Crippen molar-refractivity contribution in [3.8, 4) is 0 Å². The van der Waals surface area contributed by atoms with Gasteiger partial charge in [-0.2, -0.15) is 0 Å². The highest BCUT2D eigenvalue weighted by molar-refractivity contribution is 5.97. The molecule has 3 heteroatoms. The predicted octanol–water partition coefficient (Wildman–Crippen LogP) is 1.46. The number of rotatable bonds is 1. The normalized spacial score (nSPS) is 16.2. The van der Waals surface area contributed by atoms with E-state index in [4.69, 9.17) is 4.74 Å². The summed E-state index contributed by atoms with van der Waals surface area (Å²) in [7, 11) is 1.57. The Morgan fingerprint density at radius 1 is 1.67 bits per heavy atom. The summed E-state index contributed by atoms with van der Waals surface area (Å²) in [5.74, 6) is 0.648. The summed E-state index contributed by atoms with van der Waals surface area (Å²) >= 11 is 0. The fraction of sp³-hybridized carbons (Fsp3) is 0.333. The molecule has 0 aromatic carbocycles. The van der Waals surface area contributed by atoms with E-state index in [1.165, 1.54) is 13.1 Å². The van der Waals surface area contributed by atoms with Crippen LogP contribution in [0.4, 0.5) is 0 Å². The summed E-state index contributed by atoms with van der Waals surface area (Å²) in [6, 6.07) is 0. The number of carbonyl (C=O) groups is 1. The monoisotopic (exact) mass is 165 g/mol. The average molecular weight is 165 g/mol. The first kappa shape index (κ1) is 8.71. The van der Waals surface area contributed by atoms with Crippen LogP contribution in [-0.2, 0) is 9.53 Å². The lowest BCUT2D eigenvalue weighted by Crippen LogP contribution is -1.96. The molecule has 0 amide bonds. The van der Waals surface area contributed by atoms with Gasteiger partial charge in [-0.15, -0.1) is 0 Å². The lowest BCUT2D eigenvalue weighted by atomic mass is 10.2. The number of Topliss-reactive ketones (excluding diaryl/α,β-unsaturated/α-hetero) is 1. The molecule has 64 valence electrons. The highest BCUT2D eigenvalue weighted by atomic mass is 16.5. The Bertz CT molecular complexity index is 274. The molecule has 0 radical (unpaired) electrons. The average Bonchev–Trinajstić information content (AvgIpc) is 2.28. The molecule has 0 saturated heterocycles. The first-order valence-corrected chi connectivity index (χ1v) is 3.72. The third-order valence-corrected chi connectivity index (χ3v) is 1.58. The van der Waals surface area contributed by atoms with Crippen LogP contribution in [-0.4, -0.2) is 18.8 Å². The molecule has 1 aliphatic rings. The van der Waals surface area contributed by atoms with Gasteiger partial charge in [-0.05, 0) is 6.92 Å². The van der Waals surface area contributed by atoms with E-state index < -0.39 is 0 Å². The molecule has 0 aliphatic carbocycles. The van der Waals surface area contributed by atoms with Gasteiger partial charge < -0.3 is 4.74 Å². The second-order valence-electron chi connectivity index (χ2n) is 2.47. The van der Waals surface area contributed by atoms with E-state index in [0.29, 0.717) is 17.9 Å². The zero-order chi connectivity index (χ0) is 8.97. The number of ether oxygens (including phenoxy) is 1. The Balaban J connectivity index is 2.85. The maximum Gasteiger partial charge on any atom is 0.191 e. The molecular formula is C9H11NO2. The minimum Gasteiger partial charge on any atom is -0.484 e. The van der Waals surface area contributed by atoms with Crippen LogP contribution in [0.2, 0.25) is 0 Å². The number of allylic oxidation sites excluding steroid dienone is 2. The molecule has 3 nitrogen and oxygen atoms in total. The van der Waals surface area contributed by atoms with E-state index in [1.54, 1.807) is 13.2 Å². The molecule has 0 saturated carbocycles. The summed E-state index contributed by atoms with van der Waals surface area (Å²) < 4.78 is 4.94. The van der Waals surface area contributed by atoms with Gasteiger partial charge in [0.1, 0.15) is 0 Å². The smallest absolute Gasteiger partial charge is 0.191 e. The standard InChI is InChI=1S/C9H11NO2/c1-7(11)8-4-3-5-9(12-2)10-6-8/h3-4,6H,5H2,1-2H3. The van der Waals surface area contributed by atoms with E-state index in [-0.39, 0.29) is 5.78 Å². The zero-order valence-electron chi connectivity index (χ0n) is 7.20. The minimum absolute atomic E-state index is 0.0207. The molecule has 0 aromatic rings. The largest absolute Gasteiger partial charge is 0.484 e. The number of aliphatic imine (C=N–C) groups is 1. The summed E-state index contributed by atoms with van der Waals surface area (Å²) in [6.45, 7) is 1.52. The molecule has 1 aliphatic heterocycles. The molecule has 0 bridgehead atoms. The lowest BCUT2D eigenvalue weighted by molar-refractivity contribution is -0.113. The maximum atomic E-state index is 10.9. The van der Waals surface area contributed by atoms with Crippen molar-refractivity contribution >= 4 is 11.7 Å². The third kappa shape index (κ3) is 2.05. The number of ketones is 1. The van der Waals surface area contributed by atoms with Gasteiger partial charge in [-0.25, -0.2) is 4.99 Å². The summed E-state index contributed by atoms with van der Waals surface area (Å²) in [4.78, 5) is 14.9. The first-order valence-electron chi connectivity index (χ1n) is 3.72. The van der Waals surface area contributed by atoms with Crippen LogP contribution in [0.15, 0.2) is 28.9 Å². The SMILES string of the molecule is COC1=NC=C(C(C)=O)C=CC1. The van der Waals surface area contributed by atoms with Crippen LogP contribution in [0.5, 0.6) is 0 Å². The van der Waals surface area contributed by atoms with E-state index in [9.17, 15) is 4.79 Å². The van der Waals surface area contributed by atoms with Crippen LogP contribution in [0.1, 0.15) is 13.3 Å². The molecule has 0 atom stereocenters. The number of hydrogen-bond donors (Lipinski definition) is 0. The van der Waals surface area contributed by atoms with Crippen molar-refractivity contribution in [2.24, 2.45) is 4.99 Å². The van der Waals surface area contributed by atoms with E-state index in [1.807, 2.05) is 6.08 Å². The molecule has 1 rings (SSSR count). The minimum atomic E-state index is 0.0207. The summed E-state index contributed by atoms with van der Waals surface area (Å²) in [6.07, 6.45) is 5.80. The van der Waals surface area contributed by atoms with Crippen molar-refractivity contribution in [3.05, 3.63) is 23.9 Å². The molecule has 0 aromatic heterocycles. The Morgan fingerprint density at radius 3 is 3.00 bits per heavy atom. The quantitative estimate of drug-likeness (QED) is 0.590. The van der Waals surface area contributed by atoms with Crippen molar-refractivity contribution < 1.29 is 9.53 Å². The number of carbonyl (C=O) groups excluding carboxylic acids is 1. The van der Waals surface area contributed by atoms with Crippen LogP contribution in [0, 0.1) is 0 Å². The lowest BCUT2D eigenvalue weighted by Gasteiger charge is -1.96. The van der Waals surface area contributed by atoms with Gasteiger partial charge in [-0.1, -0.05) is 12.2 Å².